The first-order chi connectivity index (χ1) is 11.6. The van der Waals surface area contributed by atoms with Crippen LogP contribution in [0.15, 0.2) is 12.1 Å². The Balaban J connectivity index is 0.00000225. The molecule has 1 aromatic rings. The average Bonchev–Trinajstić information content (AvgIpc) is 3.19. The summed E-state index contributed by atoms with van der Waals surface area (Å²) in [6, 6.07) is 3.68. The number of amides is 1. The summed E-state index contributed by atoms with van der Waals surface area (Å²) in [6.07, 6.45) is 3.38. The lowest BCUT2D eigenvalue weighted by molar-refractivity contribution is -0.127. The quantitative estimate of drug-likeness (QED) is 0.801. The normalized spacial score (nSPS) is 26.7. The van der Waals surface area contributed by atoms with Gasteiger partial charge in [-0.3, -0.25) is 4.79 Å². The first kappa shape index (κ1) is 19.7. The van der Waals surface area contributed by atoms with E-state index in [1.807, 2.05) is 12.1 Å². The fraction of sp³-hybridized carbons (Fsp3) is 0.611. The maximum Gasteiger partial charge on any atom is 0.225 e. The van der Waals surface area contributed by atoms with Crippen molar-refractivity contribution >= 4 is 18.3 Å². The standard InChI is InChI=1S/C18H26N2O4.ClH/c1-22-13-7-6-12(16(23-2)17(13)24-3)9-20-18(21)14-10-4-5-11(8-10)15(14)19;/h6-7,10-11,14-15H,4-5,8-9,19H2,1-3H3,(H,20,21);1H. The van der Waals surface area contributed by atoms with Gasteiger partial charge in [0.2, 0.25) is 11.7 Å². The van der Waals surface area contributed by atoms with Crippen LogP contribution in [0.3, 0.4) is 0 Å². The summed E-state index contributed by atoms with van der Waals surface area (Å²) in [7, 11) is 4.72. The van der Waals surface area contributed by atoms with Gasteiger partial charge in [-0.2, -0.15) is 0 Å². The number of hydrogen-bond donors (Lipinski definition) is 2. The Labute approximate surface area is 154 Å². The van der Waals surface area contributed by atoms with E-state index in [0.717, 1.165) is 18.4 Å². The second-order valence-electron chi connectivity index (χ2n) is 6.65. The van der Waals surface area contributed by atoms with E-state index in [9.17, 15) is 4.79 Å². The van der Waals surface area contributed by atoms with Crippen molar-refractivity contribution in [1.29, 1.82) is 0 Å². The molecule has 0 aliphatic heterocycles. The Kier molecular flexibility index (Phi) is 6.41. The van der Waals surface area contributed by atoms with Gasteiger partial charge in [-0.25, -0.2) is 0 Å². The summed E-state index contributed by atoms with van der Waals surface area (Å²) >= 11 is 0. The summed E-state index contributed by atoms with van der Waals surface area (Å²) in [4.78, 5) is 12.6. The molecule has 2 fully saturated rings. The second kappa shape index (κ2) is 8.15. The zero-order valence-electron chi connectivity index (χ0n) is 14.9. The minimum absolute atomic E-state index is 0. The predicted octanol–water partition coefficient (Wildman–Crippen LogP) is 2.12. The Bertz CT molecular complexity index is 623. The number of carbonyl (C=O) groups excluding carboxylic acids is 1. The van der Waals surface area contributed by atoms with E-state index >= 15 is 0 Å². The maximum atomic E-state index is 12.6. The fourth-order valence-corrected chi connectivity index (χ4v) is 4.33. The molecule has 25 heavy (non-hydrogen) atoms. The fourth-order valence-electron chi connectivity index (χ4n) is 4.33. The molecule has 0 aromatic heterocycles. The van der Waals surface area contributed by atoms with Crippen LogP contribution in [-0.4, -0.2) is 33.3 Å². The number of halogens is 1. The summed E-state index contributed by atoms with van der Waals surface area (Å²) in [6.45, 7) is 0.378. The van der Waals surface area contributed by atoms with Crippen LogP contribution >= 0.6 is 12.4 Å². The molecule has 6 nitrogen and oxygen atoms in total. The molecule has 4 unspecified atom stereocenters. The summed E-state index contributed by atoms with van der Waals surface area (Å²) in [5, 5.41) is 3.02. The van der Waals surface area contributed by atoms with Gasteiger partial charge >= 0.3 is 0 Å². The minimum atomic E-state index is -0.0603. The number of fused-ring (bicyclic) bond motifs is 2. The van der Waals surface area contributed by atoms with Crippen molar-refractivity contribution in [3.05, 3.63) is 17.7 Å². The highest BCUT2D eigenvalue weighted by molar-refractivity contribution is 5.85. The van der Waals surface area contributed by atoms with Crippen molar-refractivity contribution < 1.29 is 19.0 Å². The van der Waals surface area contributed by atoms with Crippen LogP contribution in [0.2, 0.25) is 0 Å². The molecular weight excluding hydrogens is 344 g/mol. The van der Waals surface area contributed by atoms with Crippen molar-refractivity contribution in [2.75, 3.05) is 21.3 Å². The Morgan fingerprint density at radius 3 is 2.36 bits per heavy atom. The zero-order chi connectivity index (χ0) is 17.3. The van der Waals surface area contributed by atoms with E-state index in [-0.39, 0.29) is 30.3 Å². The smallest absolute Gasteiger partial charge is 0.225 e. The number of nitrogens with one attached hydrogen (secondary N) is 1. The van der Waals surface area contributed by atoms with E-state index in [1.54, 1.807) is 21.3 Å². The summed E-state index contributed by atoms with van der Waals surface area (Å²) in [5.74, 6) is 2.65. The lowest BCUT2D eigenvalue weighted by Crippen LogP contribution is -2.45. The predicted molar refractivity (Wildman–Crippen MR) is 97.5 cm³/mol. The molecule has 2 bridgehead atoms. The number of benzene rings is 1. The third-order valence-corrected chi connectivity index (χ3v) is 5.52. The highest BCUT2D eigenvalue weighted by Crippen LogP contribution is 2.47. The number of methoxy groups -OCH3 is 3. The zero-order valence-corrected chi connectivity index (χ0v) is 15.7. The molecule has 2 saturated carbocycles. The van der Waals surface area contributed by atoms with E-state index in [1.165, 1.54) is 6.42 Å². The lowest BCUT2D eigenvalue weighted by Gasteiger charge is -2.27. The van der Waals surface area contributed by atoms with Crippen molar-refractivity contribution in [2.24, 2.45) is 23.5 Å². The van der Waals surface area contributed by atoms with Gasteiger partial charge in [0.05, 0.1) is 27.2 Å². The first-order valence-corrected chi connectivity index (χ1v) is 8.41. The monoisotopic (exact) mass is 370 g/mol. The molecule has 140 valence electrons. The molecule has 4 atom stereocenters. The Morgan fingerprint density at radius 2 is 1.80 bits per heavy atom. The minimum Gasteiger partial charge on any atom is -0.493 e. The molecule has 2 aliphatic carbocycles. The van der Waals surface area contributed by atoms with Crippen molar-refractivity contribution in [1.82, 2.24) is 5.32 Å². The molecule has 0 heterocycles. The highest BCUT2D eigenvalue weighted by atomic mass is 35.5. The highest BCUT2D eigenvalue weighted by Gasteiger charge is 2.48. The molecule has 0 radical (unpaired) electrons. The van der Waals surface area contributed by atoms with Crippen LogP contribution in [-0.2, 0) is 11.3 Å². The molecule has 3 rings (SSSR count). The number of carbonyl (C=O) groups is 1. The number of nitrogens with two attached hydrogens (primary N) is 1. The largest absolute Gasteiger partial charge is 0.493 e. The van der Waals surface area contributed by atoms with Crippen LogP contribution in [0.1, 0.15) is 24.8 Å². The molecule has 0 saturated heterocycles. The van der Waals surface area contributed by atoms with E-state index in [0.29, 0.717) is 35.6 Å². The van der Waals surface area contributed by atoms with Crippen molar-refractivity contribution in [2.45, 2.75) is 31.8 Å². The average molecular weight is 371 g/mol. The van der Waals surface area contributed by atoms with Crippen LogP contribution < -0.4 is 25.3 Å². The second-order valence-corrected chi connectivity index (χ2v) is 6.65. The number of hydrogen-bond acceptors (Lipinski definition) is 5. The maximum absolute atomic E-state index is 12.6. The molecular formula is C18H27ClN2O4. The molecule has 1 amide bonds. The van der Waals surface area contributed by atoms with E-state index in [4.69, 9.17) is 19.9 Å². The van der Waals surface area contributed by atoms with Gasteiger partial charge in [-0.1, -0.05) is 0 Å². The molecule has 3 N–H and O–H groups in total. The van der Waals surface area contributed by atoms with Crippen molar-refractivity contribution in [3.63, 3.8) is 0 Å². The van der Waals surface area contributed by atoms with E-state index in [2.05, 4.69) is 5.32 Å². The van der Waals surface area contributed by atoms with Gasteiger partial charge in [0.25, 0.3) is 0 Å². The van der Waals surface area contributed by atoms with Gasteiger partial charge in [0.15, 0.2) is 11.5 Å². The van der Waals surface area contributed by atoms with Gasteiger partial charge in [-0.05, 0) is 43.2 Å². The summed E-state index contributed by atoms with van der Waals surface area (Å²) < 4.78 is 16.1. The van der Waals surface area contributed by atoms with Gasteiger partial charge in [0.1, 0.15) is 0 Å². The first-order valence-electron chi connectivity index (χ1n) is 8.41. The molecule has 2 aliphatic rings. The number of ether oxygens (including phenoxy) is 3. The van der Waals surface area contributed by atoms with Crippen LogP contribution in [0.5, 0.6) is 17.2 Å². The van der Waals surface area contributed by atoms with Crippen LogP contribution in [0, 0.1) is 17.8 Å². The summed E-state index contributed by atoms with van der Waals surface area (Å²) in [5.41, 5.74) is 7.10. The third kappa shape index (κ3) is 3.51. The van der Waals surface area contributed by atoms with Gasteiger partial charge in [0, 0.05) is 18.2 Å². The van der Waals surface area contributed by atoms with Crippen LogP contribution in [0.4, 0.5) is 0 Å². The topological polar surface area (TPSA) is 82.8 Å². The van der Waals surface area contributed by atoms with Crippen molar-refractivity contribution in [3.8, 4) is 17.2 Å². The van der Waals surface area contributed by atoms with E-state index < -0.39 is 0 Å². The Hall–Kier alpha value is -1.66. The molecule has 0 spiro atoms. The number of rotatable bonds is 6. The van der Waals surface area contributed by atoms with Crippen LogP contribution in [0.25, 0.3) is 0 Å². The molecule has 1 aromatic carbocycles. The van der Waals surface area contributed by atoms with Gasteiger partial charge < -0.3 is 25.3 Å². The molecule has 7 heteroatoms. The Morgan fingerprint density at radius 1 is 1.12 bits per heavy atom. The SMILES string of the molecule is COc1ccc(CNC(=O)C2C3CCC(C3)C2N)c(OC)c1OC.Cl. The third-order valence-electron chi connectivity index (χ3n) is 5.52. The lowest BCUT2D eigenvalue weighted by atomic mass is 9.84. The van der Waals surface area contributed by atoms with Gasteiger partial charge in [-0.15, -0.1) is 12.4 Å².